The van der Waals surface area contributed by atoms with Crippen molar-refractivity contribution in [2.24, 2.45) is 0 Å². The Labute approximate surface area is 162 Å². The highest BCUT2D eigenvalue weighted by atomic mass is 15.1. The zero-order valence-electron chi connectivity index (χ0n) is 15.1. The first-order chi connectivity index (χ1) is 13.9. The van der Waals surface area contributed by atoms with E-state index in [0.717, 1.165) is 45.0 Å². The summed E-state index contributed by atoms with van der Waals surface area (Å²) in [5.41, 5.74) is 8.20. The lowest BCUT2D eigenvalue weighted by Gasteiger charge is -2.00. The fourth-order valence-corrected chi connectivity index (χ4v) is 3.31. The van der Waals surface area contributed by atoms with Crippen LogP contribution >= 0.6 is 0 Å². The highest BCUT2D eigenvalue weighted by Crippen LogP contribution is 2.29. The van der Waals surface area contributed by atoms with E-state index in [0.29, 0.717) is 0 Å². The van der Waals surface area contributed by atoms with Crippen LogP contribution in [0.15, 0.2) is 97.1 Å². The molecular weight excluding hydrogens is 344 g/mol. The number of nitrogens with one attached hydrogen (secondary N) is 2. The number of aromatic amines is 2. The van der Waals surface area contributed by atoms with Crippen LogP contribution in [0.2, 0.25) is 0 Å². The van der Waals surface area contributed by atoms with Crippen molar-refractivity contribution >= 4 is 0 Å². The average Bonchev–Trinajstić information content (AvgIpc) is 3.46. The number of hydrogen-bond acceptors (Lipinski definition) is 2. The number of benzene rings is 3. The van der Waals surface area contributed by atoms with E-state index in [2.05, 4.69) is 75.0 Å². The maximum atomic E-state index is 4.50. The molecule has 0 atom stereocenters. The average molecular weight is 362 g/mol. The van der Waals surface area contributed by atoms with Gasteiger partial charge in [-0.25, -0.2) is 0 Å². The van der Waals surface area contributed by atoms with Crippen molar-refractivity contribution in [3.05, 3.63) is 97.1 Å². The number of aromatic nitrogens is 4. The van der Waals surface area contributed by atoms with Gasteiger partial charge in [0.15, 0.2) is 0 Å². The van der Waals surface area contributed by atoms with E-state index >= 15 is 0 Å². The van der Waals surface area contributed by atoms with E-state index in [1.807, 2.05) is 42.5 Å². The number of hydrogen-bond donors (Lipinski definition) is 2. The number of H-pyrrole nitrogens is 2. The number of nitrogens with zero attached hydrogens (tertiary/aromatic N) is 2. The lowest BCUT2D eigenvalue weighted by Crippen LogP contribution is -1.82. The summed E-state index contributed by atoms with van der Waals surface area (Å²) in [5, 5.41) is 15.3. The minimum Gasteiger partial charge on any atom is -0.277 e. The molecule has 28 heavy (non-hydrogen) atoms. The van der Waals surface area contributed by atoms with Crippen molar-refractivity contribution in [2.75, 3.05) is 0 Å². The topological polar surface area (TPSA) is 57.4 Å². The summed E-state index contributed by atoms with van der Waals surface area (Å²) < 4.78 is 0. The van der Waals surface area contributed by atoms with Gasteiger partial charge >= 0.3 is 0 Å². The summed E-state index contributed by atoms with van der Waals surface area (Å²) in [4.78, 5) is 0. The van der Waals surface area contributed by atoms with Crippen molar-refractivity contribution < 1.29 is 0 Å². The predicted molar refractivity (Wildman–Crippen MR) is 112 cm³/mol. The van der Waals surface area contributed by atoms with Crippen LogP contribution in [-0.2, 0) is 0 Å². The zero-order chi connectivity index (χ0) is 18.8. The fourth-order valence-electron chi connectivity index (χ4n) is 3.31. The van der Waals surface area contributed by atoms with E-state index in [1.54, 1.807) is 0 Å². The molecule has 2 heterocycles. The first-order valence-corrected chi connectivity index (χ1v) is 9.19. The van der Waals surface area contributed by atoms with E-state index in [4.69, 9.17) is 0 Å². The maximum absolute atomic E-state index is 4.50. The van der Waals surface area contributed by atoms with E-state index < -0.39 is 0 Å². The molecule has 4 nitrogen and oxygen atoms in total. The van der Waals surface area contributed by atoms with Crippen molar-refractivity contribution in [3.63, 3.8) is 0 Å². The first-order valence-electron chi connectivity index (χ1n) is 9.19. The Morgan fingerprint density at radius 3 is 1.32 bits per heavy atom. The van der Waals surface area contributed by atoms with Gasteiger partial charge in [-0.15, -0.1) is 0 Å². The van der Waals surface area contributed by atoms with E-state index in [-0.39, 0.29) is 0 Å². The molecule has 2 N–H and O–H groups in total. The van der Waals surface area contributed by atoms with Gasteiger partial charge in [-0.2, -0.15) is 10.2 Å². The van der Waals surface area contributed by atoms with Crippen LogP contribution in [0.25, 0.3) is 45.0 Å². The molecule has 4 heteroatoms. The van der Waals surface area contributed by atoms with Crippen LogP contribution in [0.1, 0.15) is 0 Å². The fraction of sp³-hybridized carbons (Fsp3) is 0. The second kappa shape index (κ2) is 7.00. The molecule has 134 valence electrons. The van der Waals surface area contributed by atoms with Gasteiger partial charge < -0.3 is 0 Å². The van der Waals surface area contributed by atoms with Gasteiger partial charge in [0.2, 0.25) is 0 Å². The van der Waals surface area contributed by atoms with Crippen molar-refractivity contribution in [1.82, 2.24) is 20.4 Å². The largest absolute Gasteiger partial charge is 0.277 e. The minimum atomic E-state index is 0.916. The summed E-state index contributed by atoms with van der Waals surface area (Å²) in [6.07, 6.45) is 0. The highest BCUT2D eigenvalue weighted by Gasteiger charge is 2.09. The van der Waals surface area contributed by atoms with Gasteiger partial charge in [0, 0.05) is 11.1 Å². The molecule has 0 aliphatic carbocycles. The molecule has 0 bridgehead atoms. The van der Waals surface area contributed by atoms with Gasteiger partial charge in [-0.05, 0) is 29.3 Å². The second-order valence-electron chi connectivity index (χ2n) is 6.65. The third kappa shape index (κ3) is 3.12. The molecule has 5 aromatic rings. The zero-order valence-corrected chi connectivity index (χ0v) is 15.1. The molecule has 0 radical (unpaired) electrons. The Kier molecular flexibility index (Phi) is 4.07. The van der Waals surface area contributed by atoms with Gasteiger partial charge in [0.05, 0.1) is 22.8 Å². The maximum Gasteiger partial charge on any atom is 0.0927 e. The van der Waals surface area contributed by atoms with Crippen LogP contribution in [0.3, 0.4) is 0 Å². The molecule has 0 aliphatic heterocycles. The van der Waals surface area contributed by atoms with Gasteiger partial charge in [0.25, 0.3) is 0 Å². The lowest BCUT2D eigenvalue weighted by atomic mass is 10.0. The van der Waals surface area contributed by atoms with E-state index in [1.165, 1.54) is 0 Å². The van der Waals surface area contributed by atoms with Crippen molar-refractivity contribution in [1.29, 1.82) is 0 Å². The predicted octanol–water partition coefficient (Wildman–Crippen LogP) is 5.80. The second-order valence-corrected chi connectivity index (χ2v) is 6.65. The van der Waals surface area contributed by atoms with Gasteiger partial charge in [-0.1, -0.05) is 78.9 Å². The van der Waals surface area contributed by atoms with Crippen molar-refractivity contribution in [3.8, 4) is 45.0 Å². The lowest BCUT2D eigenvalue weighted by molar-refractivity contribution is 1.10. The van der Waals surface area contributed by atoms with Crippen LogP contribution in [0.5, 0.6) is 0 Å². The Balaban J connectivity index is 1.46. The monoisotopic (exact) mass is 362 g/mol. The Bertz CT molecular complexity index is 1110. The van der Waals surface area contributed by atoms with Gasteiger partial charge in [-0.3, -0.25) is 10.2 Å². The Hall–Kier alpha value is -3.92. The smallest absolute Gasteiger partial charge is 0.0927 e. The van der Waals surface area contributed by atoms with Gasteiger partial charge in [0.1, 0.15) is 0 Å². The number of rotatable bonds is 4. The normalized spacial score (nSPS) is 10.9. The summed E-state index contributed by atoms with van der Waals surface area (Å²) in [6.45, 7) is 0. The highest BCUT2D eigenvalue weighted by molar-refractivity contribution is 5.74. The molecule has 0 saturated carbocycles. The molecular formula is C24H18N4. The summed E-state index contributed by atoms with van der Waals surface area (Å²) in [7, 11) is 0. The molecule has 0 unspecified atom stereocenters. The minimum absolute atomic E-state index is 0.916. The third-order valence-electron chi connectivity index (χ3n) is 4.78. The summed E-state index contributed by atoms with van der Waals surface area (Å²) in [5.74, 6) is 0. The van der Waals surface area contributed by atoms with Crippen LogP contribution in [0.4, 0.5) is 0 Å². The Morgan fingerprint density at radius 1 is 0.429 bits per heavy atom. The first kappa shape index (κ1) is 16.3. The van der Waals surface area contributed by atoms with Crippen LogP contribution in [0, 0.1) is 0 Å². The van der Waals surface area contributed by atoms with E-state index in [9.17, 15) is 0 Å². The molecule has 5 rings (SSSR count). The van der Waals surface area contributed by atoms with Crippen molar-refractivity contribution in [2.45, 2.75) is 0 Å². The quantitative estimate of drug-likeness (QED) is 0.424. The molecule has 0 aliphatic rings. The summed E-state index contributed by atoms with van der Waals surface area (Å²) in [6, 6.07) is 32.9. The Morgan fingerprint density at radius 2 is 0.857 bits per heavy atom. The molecule has 0 amide bonds. The molecule has 0 fully saturated rings. The van der Waals surface area contributed by atoms with Crippen LogP contribution < -0.4 is 0 Å². The van der Waals surface area contributed by atoms with Crippen LogP contribution in [-0.4, -0.2) is 20.4 Å². The third-order valence-corrected chi connectivity index (χ3v) is 4.78. The summed E-state index contributed by atoms with van der Waals surface area (Å²) >= 11 is 0. The molecule has 0 spiro atoms. The molecule has 2 aromatic heterocycles. The molecule has 3 aromatic carbocycles. The SMILES string of the molecule is c1ccc(-c2cc(-c3cccc(-c4cc(-c5ccccc5)[nH]n4)c3)n[nH]2)cc1. The molecule has 0 saturated heterocycles. The standard InChI is InChI=1S/C24H18N4/c1-3-8-17(9-4-1)21-15-23(27-25-21)19-12-7-13-20(14-19)24-16-22(26-28-24)18-10-5-2-6-11-18/h1-16H,(H,25,27)(H,26,28).